The van der Waals surface area contributed by atoms with Gasteiger partial charge in [0.1, 0.15) is 0 Å². The number of amides is 1. The highest BCUT2D eigenvalue weighted by Crippen LogP contribution is 2.15. The van der Waals surface area contributed by atoms with Crippen molar-refractivity contribution in [2.75, 3.05) is 26.3 Å². The topological polar surface area (TPSA) is 41.6 Å². The molecule has 1 fully saturated rings. The van der Waals surface area contributed by atoms with Crippen molar-refractivity contribution < 1.29 is 9.53 Å². The van der Waals surface area contributed by atoms with Crippen molar-refractivity contribution in [1.29, 1.82) is 0 Å². The molecule has 1 unspecified atom stereocenters. The molecule has 1 amide bonds. The highest BCUT2D eigenvalue weighted by atomic mass is 35.5. The summed E-state index contributed by atoms with van der Waals surface area (Å²) in [6.45, 7) is 7.24. The first kappa shape index (κ1) is 15.3. The fraction of sp³-hybridized carbons (Fsp3) is 0.533. The van der Waals surface area contributed by atoms with Gasteiger partial charge in [-0.25, -0.2) is 0 Å². The summed E-state index contributed by atoms with van der Waals surface area (Å²) in [4.78, 5) is 14.1. The van der Waals surface area contributed by atoms with Crippen LogP contribution in [0.5, 0.6) is 0 Å². The minimum Gasteiger partial charge on any atom is -0.378 e. The van der Waals surface area contributed by atoms with Crippen molar-refractivity contribution in [2.45, 2.75) is 26.4 Å². The minimum atomic E-state index is -0.192. The van der Waals surface area contributed by atoms with Gasteiger partial charge in [-0.15, -0.1) is 0 Å². The first-order valence-electron chi connectivity index (χ1n) is 6.93. The molecule has 2 rings (SSSR count). The lowest BCUT2D eigenvalue weighted by Crippen LogP contribution is -2.49. The summed E-state index contributed by atoms with van der Waals surface area (Å²) < 4.78 is 5.26. The Hall–Kier alpha value is -1.10. The van der Waals surface area contributed by atoms with Crippen LogP contribution in [0.25, 0.3) is 0 Å². The maximum atomic E-state index is 12.2. The van der Waals surface area contributed by atoms with Crippen LogP contribution in [-0.4, -0.2) is 43.2 Å². The molecule has 1 aromatic carbocycles. The van der Waals surface area contributed by atoms with Gasteiger partial charge >= 0.3 is 0 Å². The second-order valence-corrected chi connectivity index (χ2v) is 5.55. The van der Waals surface area contributed by atoms with Crippen molar-refractivity contribution in [3.63, 3.8) is 0 Å². The Balaban J connectivity index is 1.87. The van der Waals surface area contributed by atoms with Gasteiger partial charge in [0.25, 0.3) is 0 Å². The summed E-state index contributed by atoms with van der Waals surface area (Å²) in [5.41, 5.74) is 2.30. The Bertz CT molecular complexity index is 473. The van der Waals surface area contributed by atoms with Crippen LogP contribution in [0.2, 0.25) is 5.02 Å². The van der Waals surface area contributed by atoms with E-state index in [4.69, 9.17) is 16.3 Å². The van der Waals surface area contributed by atoms with Crippen LogP contribution in [0, 0.1) is 6.92 Å². The molecule has 1 saturated heterocycles. The van der Waals surface area contributed by atoms with Crippen molar-refractivity contribution in [3.05, 3.63) is 34.3 Å². The molecular formula is C15H21ClN2O2. The van der Waals surface area contributed by atoms with Gasteiger partial charge in [0.2, 0.25) is 5.91 Å². The van der Waals surface area contributed by atoms with Gasteiger partial charge in [-0.05, 0) is 37.1 Å². The van der Waals surface area contributed by atoms with Gasteiger partial charge in [0.15, 0.2) is 0 Å². The number of carbonyl (C=O) groups excluding carboxylic acids is 1. The predicted octanol–water partition coefficient (Wildman–Crippen LogP) is 1.99. The number of morpholine rings is 1. The van der Waals surface area contributed by atoms with Crippen molar-refractivity contribution >= 4 is 17.5 Å². The summed E-state index contributed by atoms with van der Waals surface area (Å²) >= 11 is 5.94. The summed E-state index contributed by atoms with van der Waals surface area (Å²) in [5, 5.41) is 4.02. The van der Waals surface area contributed by atoms with E-state index < -0.39 is 0 Å². The Labute approximate surface area is 125 Å². The van der Waals surface area contributed by atoms with Crippen LogP contribution < -0.4 is 5.32 Å². The molecule has 1 atom stereocenters. The number of halogens is 1. The second kappa shape index (κ2) is 7.07. The van der Waals surface area contributed by atoms with E-state index in [-0.39, 0.29) is 11.9 Å². The highest BCUT2D eigenvalue weighted by molar-refractivity contribution is 6.30. The number of aryl methyl sites for hydroxylation is 1. The quantitative estimate of drug-likeness (QED) is 0.924. The zero-order valence-electron chi connectivity index (χ0n) is 12.0. The van der Waals surface area contributed by atoms with Crippen LogP contribution in [-0.2, 0) is 16.1 Å². The van der Waals surface area contributed by atoms with E-state index in [1.807, 2.05) is 36.9 Å². The largest absolute Gasteiger partial charge is 0.378 e. The van der Waals surface area contributed by atoms with E-state index in [0.717, 1.165) is 16.1 Å². The molecule has 5 heteroatoms. The van der Waals surface area contributed by atoms with E-state index >= 15 is 0 Å². The van der Waals surface area contributed by atoms with Crippen molar-refractivity contribution in [1.82, 2.24) is 10.2 Å². The van der Waals surface area contributed by atoms with E-state index in [1.54, 1.807) is 0 Å². The number of hydrogen-bond donors (Lipinski definition) is 1. The van der Waals surface area contributed by atoms with Gasteiger partial charge in [-0.3, -0.25) is 4.79 Å². The lowest BCUT2D eigenvalue weighted by Gasteiger charge is -2.29. The molecule has 1 N–H and O–H groups in total. The van der Waals surface area contributed by atoms with Gasteiger partial charge in [-0.1, -0.05) is 17.7 Å². The number of nitrogens with zero attached hydrogens (tertiary/aromatic N) is 1. The molecule has 0 bridgehead atoms. The maximum absolute atomic E-state index is 12.2. The monoisotopic (exact) mass is 296 g/mol. The minimum absolute atomic E-state index is 0.139. The Kier molecular flexibility index (Phi) is 5.40. The number of hydrogen-bond acceptors (Lipinski definition) is 3. The number of benzene rings is 1. The molecule has 1 aromatic rings. The summed E-state index contributed by atoms with van der Waals surface area (Å²) in [6, 6.07) is 5.62. The number of rotatable bonds is 4. The third-order valence-corrected chi connectivity index (χ3v) is 3.83. The fourth-order valence-corrected chi connectivity index (χ4v) is 2.49. The van der Waals surface area contributed by atoms with E-state index in [1.165, 1.54) is 0 Å². The fourth-order valence-electron chi connectivity index (χ4n) is 2.27. The molecule has 0 radical (unpaired) electrons. The number of nitrogens with one attached hydrogen (secondary N) is 1. The summed E-state index contributed by atoms with van der Waals surface area (Å²) in [7, 11) is 0. The van der Waals surface area contributed by atoms with Crippen LogP contribution in [0.4, 0.5) is 0 Å². The Morgan fingerprint density at radius 2 is 2.15 bits per heavy atom. The normalized spacial score (nSPS) is 17.1. The number of ether oxygens (including phenoxy) is 1. The molecule has 4 nitrogen and oxygen atoms in total. The van der Waals surface area contributed by atoms with Crippen LogP contribution in [0.3, 0.4) is 0 Å². The van der Waals surface area contributed by atoms with Crippen LogP contribution in [0.1, 0.15) is 18.1 Å². The molecular weight excluding hydrogens is 276 g/mol. The average Bonchev–Trinajstić information content (AvgIpc) is 2.46. The lowest BCUT2D eigenvalue weighted by atomic mass is 10.1. The van der Waals surface area contributed by atoms with Gasteiger partial charge in [0, 0.05) is 24.7 Å². The Morgan fingerprint density at radius 3 is 2.80 bits per heavy atom. The van der Waals surface area contributed by atoms with Gasteiger partial charge in [0.05, 0.1) is 19.3 Å². The first-order chi connectivity index (χ1) is 9.58. The third kappa shape index (κ3) is 3.95. The van der Waals surface area contributed by atoms with Crippen molar-refractivity contribution in [2.24, 2.45) is 0 Å². The van der Waals surface area contributed by atoms with Crippen LogP contribution in [0.15, 0.2) is 18.2 Å². The van der Waals surface area contributed by atoms with E-state index in [2.05, 4.69) is 5.32 Å². The predicted molar refractivity (Wildman–Crippen MR) is 79.9 cm³/mol. The Morgan fingerprint density at radius 1 is 1.45 bits per heavy atom. The summed E-state index contributed by atoms with van der Waals surface area (Å²) in [6.07, 6.45) is 0. The molecule has 0 aromatic heterocycles. The average molecular weight is 297 g/mol. The van der Waals surface area contributed by atoms with E-state index in [9.17, 15) is 4.79 Å². The lowest BCUT2D eigenvalue weighted by molar-refractivity contribution is -0.137. The SMILES string of the molecule is Cc1cc(Cl)ccc1CNC(C)C(=O)N1CCOCC1. The standard InChI is InChI=1S/C15H21ClN2O2/c1-11-9-14(16)4-3-13(11)10-17-12(2)15(19)18-5-7-20-8-6-18/h3-4,9,12,17H,5-8,10H2,1-2H3. The summed E-state index contributed by atoms with van der Waals surface area (Å²) in [5.74, 6) is 0.139. The molecule has 110 valence electrons. The third-order valence-electron chi connectivity index (χ3n) is 3.60. The molecule has 0 aliphatic carbocycles. The molecule has 1 aliphatic heterocycles. The molecule has 20 heavy (non-hydrogen) atoms. The molecule has 0 saturated carbocycles. The zero-order chi connectivity index (χ0) is 14.5. The van der Waals surface area contributed by atoms with Crippen molar-refractivity contribution in [3.8, 4) is 0 Å². The van der Waals surface area contributed by atoms with Gasteiger partial charge < -0.3 is 15.0 Å². The first-order valence-corrected chi connectivity index (χ1v) is 7.30. The van der Waals surface area contributed by atoms with E-state index in [0.29, 0.717) is 32.8 Å². The van der Waals surface area contributed by atoms with Gasteiger partial charge in [-0.2, -0.15) is 0 Å². The zero-order valence-corrected chi connectivity index (χ0v) is 12.7. The molecule has 1 aliphatic rings. The number of carbonyl (C=O) groups is 1. The molecule has 1 heterocycles. The highest BCUT2D eigenvalue weighted by Gasteiger charge is 2.21. The van der Waals surface area contributed by atoms with Crippen LogP contribution >= 0.6 is 11.6 Å². The molecule has 0 spiro atoms. The maximum Gasteiger partial charge on any atom is 0.239 e. The smallest absolute Gasteiger partial charge is 0.239 e. The second-order valence-electron chi connectivity index (χ2n) is 5.11.